The number of carbonyl (C=O) groups is 2. The first-order valence-corrected chi connectivity index (χ1v) is 24.4. The van der Waals surface area contributed by atoms with Crippen molar-refractivity contribution in [1.29, 1.82) is 0 Å². The summed E-state index contributed by atoms with van der Waals surface area (Å²) in [4.78, 5) is 25.3. The Morgan fingerprint density at radius 1 is 0.712 bits per heavy atom. The summed E-state index contributed by atoms with van der Waals surface area (Å²) in [7, 11) is -4.14. The molecule has 1 atom stereocenters. The van der Waals surface area contributed by atoms with E-state index in [0.29, 0.717) is 39.0 Å². The van der Waals surface area contributed by atoms with E-state index in [0.717, 1.165) is 57.4 Å². The maximum Gasteiger partial charge on any atom is 0.250 e. The molecule has 0 N–H and O–H groups in total. The maximum absolute atomic E-state index is 12.0. The highest BCUT2D eigenvalue weighted by molar-refractivity contribution is 6.75. The predicted molar refractivity (Wildman–Crippen MR) is 211 cm³/mol. The molecule has 3 aromatic rings. The molecule has 3 aliphatic heterocycles. The van der Waals surface area contributed by atoms with E-state index in [9.17, 15) is 9.59 Å². The predicted octanol–water partition coefficient (Wildman–Crippen LogP) is 10.2. The minimum absolute atomic E-state index is 0.0598. The number of imide groups is 1. The quantitative estimate of drug-likeness (QED) is 0.116. The van der Waals surface area contributed by atoms with Crippen molar-refractivity contribution in [2.75, 3.05) is 19.8 Å². The fourth-order valence-electron chi connectivity index (χ4n) is 6.30. The van der Waals surface area contributed by atoms with Crippen molar-refractivity contribution >= 4 is 39.6 Å². The minimum atomic E-state index is -2.08. The molecule has 0 radical (unpaired) electrons. The van der Waals surface area contributed by atoms with Crippen LogP contribution >= 0.6 is 0 Å². The number of ether oxygens (including phenoxy) is 3. The Hall–Kier alpha value is -4.03. The smallest absolute Gasteiger partial charge is 0.250 e. The number of likely N-dealkylation sites (tertiary alicyclic amines) is 1. The SMILES string of the molecule is CC(C)(C)[Si](C)(C)Oc1ccc2c(c1)O[C@@H](c1ccc(OCCCN3C(=O)CCC3=O)cc1)C1=C2CCOc2cc(O[Si](C)(C)C(C)(C)C)ccc21. The van der Waals surface area contributed by atoms with Crippen LogP contribution in [0.2, 0.25) is 36.3 Å². The first-order valence-electron chi connectivity index (χ1n) is 18.6. The van der Waals surface area contributed by atoms with Gasteiger partial charge in [-0.05, 0) is 90.2 Å². The van der Waals surface area contributed by atoms with Crippen LogP contribution in [0.3, 0.4) is 0 Å². The second-order valence-corrected chi connectivity index (χ2v) is 26.7. The largest absolute Gasteiger partial charge is 0.543 e. The van der Waals surface area contributed by atoms with E-state index in [1.807, 2.05) is 12.1 Å². The number of fused-ring (bicyclic) bond motifs is 4. The lowest BCUT2D eigenvalue weighted by molar-refractivity contribution is -0.138. The van der Waals surface area contributed by atoms with Gasteiger partial charge in [-0.15, -0.1) is 0 Å². The van der Waals surface area contributed by atoms with Crippen molar-refractivity contribution in [1.82, 2.24) is 4.90 Å². The molecule has 3 aliphatic rings. The summed E-state index contributed by atoms with van der Waals surface area (Å²) < 4.78 is 32.9. The molecule has 0 unspecified atom stereocenters. The van der Waals surface area contributed by atoms with Crippen molar-refractivity contribution in [2.24, 2.45) is 0 Å². The van der Waals surface area contributed by atoms with Gasteiger partial charge in [-0.3, -0.25) is 14.5 Å². The molecule has 1 fully saturated rings. The van der Waals surface area contributed by atoms with E-state index in [2.05, 4.69) is 116 Å². The minimum Gasteiger partial charge on any atom is -0.543 e. The second-order valence-electron chi connectivity index (χ2n) is 17.2. The van der Waals surface area contributed by atoms with Crippen molar-refractivity contribution in [2.45, 2.75) is 110 Å². The molecule has 0 aliphatic carbocycles. The van der Waals surface area contributed by atoms with Crippen LogP contribution in [0.5, 0.6) is 28.7 Å². The number of benzene rings is 3. The van der Waals surface area contributed by atoms with Gasteiger partial charge in [-0.2, -0.15) is 0 Å². The standard InChI is InChI=1S/C42H55NO7Si2/c1-41(2,3)51(7,8)49-30-17-19-34-35(26-30)47-25-22-33-32-18-16-31(50-52(9,10)42(4,5)6)27-36(32)48-40(39(33)34)28-12-14-29(15-13-28)46-24-11-23-43-37(44)20-21-38(43)45/h12-19,26-27,40H,11,20-25H2,1-10H3/t40-/m0/s1. The van der Waals surface area contributed by atoms with E-state index in [-0.39, 0.29) is 21.9 Å². The molecule has 6 rings (SSSR count). The van der Waals surface area contributed by atoms with E-state index in [1.54, 1.807) is 0 Å². The van der Waals surface area contributed by atoms with Crippen molar-refractivity contribution in [3.63, 3.8) is 0 Å². The number of hydrogen-bond acceptors (Lipinski definition) is 7. The Morgan fingerprint density at radius 2 is 1.25 bits per heavy atom. The van der Waals surface area contributed by atoms with Crippen LogP contribution in [0.1, 0.15) is 90.0 Å². The summed E-state index contributed by atoms with van der Waals surface area (Å²) in [5, 5.41) is 0.127. The van der Waals surface area contributed by atoms with Crippen molar-refractivity contribution < 1.29 is 32.7 Å². The molecule has 1 saturated heterocycles. The highest BCUT2D eigenvalue weighted by Gasteiger charge is 2.41. The molecule has 52 heavy (non-hydrogen) atoms. The zero-order valence-corrected chi connectivity index (χ0v) is 34.6. The van der Waals surface area contributed by atoms with Crippen LogP contribution < -0.4 is 23.1 Å². The lowest BCUT2D eigenvalue weighted by Crippen LogP contribution is -2.43. The van der Waals surface area contributed by atoms with E-state index < -0.39 is 22.7 Å². The average molecular weight is 742 g/mol. The van der Waals surface area contributed by atoms with Gasteiger partial charge in [0.05, 0.1) is 13.2 Å². The van der Waals surface area contributed by atoms with Gasteiger partial charge in [-0.25, -0.2) is 0 Å². The van der Waals surface area contributed by atoms with Crippen molar-refractivity contribution in [3.05, 3.63) is 77.4 Å². The number of rotatable bonds is 10. The van der Waals surface area contributed by atoms with Gasteiger partial charge >= 0.3 is 0 Å². The van der Waals surface area contributed by atoms with Crippen LogP contribution in [0.25, 0.3) is 11.1 Å². The Bertz CT molecular complexity index is 1850. The number of hydrogen-bond donors (Lipinski definition) is 0. The van der Waals surface area contributed by atoms with Crippen LogP contribution in [0.4, 0.5) is 0 Å². The third kappa shape index (κ3) is 7.69. The fourth-order valence-corrected chi connectivity index (χ4v) is 8.35. The second kappa shape index (κ2) is 14.1. The molecule has 0 bridgehead atoms. The topological polar surface area (TPSA) is 83.5 Å². The maximum atomic E-state index is 12.0. The molecule has 278 valence electrons. The van der Waals surface area contributed by atoms with Crippen molar-refractivity contribution in [3.8, 4) is 28.7 Å². The number of carbonyl (C=O) groups excluding carboxylic acids is 2. The molecule has 10 heteroatoms. The van der Waals surface area contributed by atoms with E-state index in [1.165, 1.54) is 10.5 Å². The van der Waals surface area contributed by atoms with Gasteiger partial charge in [0.25, 0.3) is 0 Å². The van der Waals surface area contributed by atoms with Crippen LogP contribution in [-0.4, -0.2) is 53.1 Å². The molecule has 0 saturated carbocycles. The zero-order valence-electron chi connectivity index (χ0n) is 32.6. The normalized spacial score (nSPS) is 17.8. The lowest BCUT2D eigenvalue weighted by Gasteiger charge is -2.37. The first kappa shape index (κ1) is 37.7. The molecular weight excluding hydrogens is 687 g/mol. The Balaban J connectivity index is 1.33. The number of nitrogens with zero attached hydrogens (tertiary/aromatic N) is 1. The van der Waals surface area contributed by atoms with Gasteiger partial charge in [0, 0.05) is 54.6 Å². The third-order valence-corrected chi connectivity index (χ3v) is 20.2. The number of amides is 2. The van der Waals surface area contributed by atoms with Gasteiger partial charge in [0.2, 0.25) is 28.4 Å². The summed E-state index contributed by atoms with van der Waals surface area (Å²) >= 11 is 0. The third-order valence-electron chi connectivity index (χ3n) is 11.5. The van der Waals surface area contributed by atoms with E-state index in [4.69, 9.17) is 23.1 Å². The van der Waals surface area contributed by atoms with Crippen LogP contribution in [0.15, 0.2) is 60.7 Å². The lowest BCUT2D eigenvalue weighted by atomic mass is 9.84. The average Bonchev–Trinajstić information content (AvgIpc) is 3.25. The molecular formula is C42H55NO7Si2. The highest BCUT2D eigenvalue weighted by atomic mass is 28.4. The molecule has 3 heterocycles. The van der Waals surface area contributed by atoms with Gasteiger partial charge in [0.15, 0.2) is 0 Å². The zero-order chi connectivity index (χ0) is 37.6. The molecule has 0 aromatic heterocycles. The Morgan fingerprint density at radius 3 is 1.83 bits per heavy atom. The summed E-state index contributed by atoms with van der Waals surface area (Å²) in [6.45, 7) is 23.8. The van der Waals surface area contributed by atoms with E-state index >= 15 is 0 Å². The Kier molecular flexibility index (Phi) is 10.2. The molecule has 3 aromatic carbocycles. The summed E-state index contributed by atoms with van der Waals surface area (Å²) in [6, 6.07) is 20.6. The molecule has 0 spiro atoms. The monoisotopic (exact) mass is 741 g/mol. The van der Waals surface area contributed by atoms with Gasteiger partial charge in [-0.1, -0.05) is 53.7 Å². The summed E-state index contributed by atoms with van der Waals surface area (Å²) in [5.74, 6) is 3.78. The van der Waals surface area contributed by atoms with Gasteiger partial charge < -0.3 is 23.1 Å². The summed E-state index contributed by atoms with van der Waals surface area (Å²) in [5.41, 5.74) is 5.34. The van der Waals surface area contributed by atoms with Crippen LogP contribution in [-0.2, 0) is 9.59 Å². The molecule has 2 amide bonds. The summed E-state index contributed by atoms with van der Waals surface area (Å²) in [6.07, 6.45) is 1.51. The molecule has 8 nitrogen and oxygen atoms in total. The highest BCUT2D eigenvalue weighted by Crippen LogP contribution is 2.53. The fraction of sp³-hybridized carbons (Fsp3) is 0.476. The van der Waals surface area contributed by atoms with Gasteiger partial charge in [0.1, 0.15) is 34.9 Å². The Labute approximate surface area is 311 Å². The van der Waals surface area contributed by atoms with Crippen LogP contribution in [0, 0.1) is 0 Å². The first-order chi connectivity index (χ1) is 24.3.